The maximum Gasteiger partial charge on any atom is 0.472 e. The third kappa shape index (κ3) is 56.2. The van der Waals surface area contributed by atoms with Crippen LogP contribution in [0.5, 0.6) is 0 Å². The summed E-state index contributed by atoms with van der Waals surface area (Å²) in [5.41, 5.74) is 0. The smallest absolute Gasteiger partial charge is 0.387 e. The zero-order chi connectivity index (χ0) is 52.7. The van der Waals surface area contributed by atoms with Gasteiger partial charge in [0.05, 0.1) is 39.9 Å². The molecule has 9 heteroatoms. The summed E-state index contributed by atoms with van der Waals surface area (Å²) in [6.45, 7) is 4.83. The Kier molecular flexibility index (Phi) is 53.1. The Hall–Kier alpha value is -1.54. The summed E-state index contributed by atoms with van der Waals surface area (Å²) >= 11 is 0. The Morgan fingerprint density at radius 1 is 0.472 bits per heavy atom. The largest absolute Gasteiger partial charge is 0.472 e. The van der Waals surface area contributed by atoms with Gasteiger partial charge in [-0.1, -0.05) is 274 Å². The molecule has 8 nitrogen and oxygen atoms in total. The second-order valence-electron chi connectivity index (χ2n) is 22.4. The van der Waals surface area contributed by atoms with Gasteiger partial charge in [-0.2, -0.15) is 0 Å². The fraction of sp³-hybridized carbons (Fsp3) is 0.857. The maximum absolute atomic E-state index is 13.0. The van der Waals surface area contributed by atoms with Crippen molar-refractivity contribution in [1.82, 2.24) is 5.32 Å². The monoisotopic (exact) mass is 1030 g/mol. The molecule has 0 aliphatic rings. The van der Waals surface area contributed by atoms with E-state index in [1.165, 1.54) is 231 Å². The van der Waals surface area contributed by atoms with E-state index >= 15 is 0 Å². The van der Waals surface area contributed by atoms with E-state index in [2.05, 4.69) is 55.6 Å². The third-order valence-electron chi connectivity index (χ3n) is 14.0. The molecule has 0 aromatic carbocycles. The minimum absolute atomic E-state index is 0.0554. The summed E-state index contributed by atoms with van der Waals surface area (Å²) in [5, 5.41) is 13.9. The molecule has 1 amide bonds. The van der Waals surface area contributed by atoms with E-state index in [1.54, 1.807) is 6.08 Å². The van der Waals surface area contributed by atoms with Gasteiger partial charge in [-0.15, -0.1) is 0 Å². The van der Waals surface area contributed by atoms with E-state index in [1.807, 2.05) is 27.2 Å². The first-order valence-electron chi connectivity index (χ1n) is 31.0. The van der Waals surface area contributed by atoms with Crippen molar-refractivity contribution in [1.29, 1.82) is 0 Å². The number of phosphoric acid groups is 1. The van der Waals surface area contributed by atoms with Gasteiger partial charge in [0.15, 0.2) is 0 Å². The Bertz CT molecular complexity index is 1310. The number of nitrogens with zero attached hydrogens (tertiary/aromatic N) is 1. The van der Waals surface area contributed by atoms with Crippen molar-refractivity contribution in [3.05, 3.63) is 48.6 Å². The number of unbranched alkanes of at least 4 members (excludes halogenated alkanes) is 38. The standard InChI is InChI=1S/C63H121N2O6P/c1-6-8-10-12-14-16-18-20-22-24-26-28-30-31-32-33-35-37-39-41-43-45-47-49-51-53-55-57-63(67)64-61(60-71-72(68,69)70-59-58-65(3,4)5)62(66)56-54-52-50-48-46-44-42-40-38-36-34-29-27-25-23-21-19-17-15-13-11-9-7-2/h26,28,31-32,46,48,54,56,61-62,66H,6-25,27,29-30,33-45,47,49-53,55,57-60H2,1-5H3,(H-,64,67,68,69)/p+1/b28-26-,32-31-,48-46+,56-54+. The number of amides is 1. The quantitative estimate of drug-likeness (QED) is 0.0243. The van der Waals surface area contributed by atoms with Gasteiger partial charge in [0.2, 0.25) is 5.91 Å². The lowest BCUT2D eigenvalue weighted by Crippen LogP contribution is -2.45. The second kappa shape index (κ2) is 54.3. The summed E-state index contributed by atoms with van der Waals surface area (Å²) in [6.07, 6.45) is 72.3. The molecule has 0 heterocycles. The number of allylic oxidation sites excluding steroid dienone is 7. The van der Waals surface area contributed by atoms with Crippen molar-refractivity contribution in [2.24, 2.45) is 0 Å². The maximum atomic E-state index is 13.0. The van der Waals surface area contributed by atoms with Gasteiger partial charge in [-0.05, 0) is 64.2 Å². The number of likely N-dealkylation sites (N-methyl/N-ethyl adjacent to an activating group) is 1. The molecule has 3 atom stereocenters. The predicted octanol–water partition coefficient (Wildman–Crippen LogP) is 19.1. The molecule has 424 valence electrons. The average Bonchev–Trinajstić information content (AvgIpc) is 3.34. The number of carbonyl (C=O) groups excluding carboxylic acids is 1. The summed E-state index contributed by atoms with van der Waals surface area (Å²) < 4.78 is 23.7. The molecule has 0 aromatic heterocycles. The van der Waals surface area contributed by atoms with Crippen LogP contribution in [0.25, 0.3) is 0 Å². The summed E-state index contributed by atoms with van der Waals surface area (Å²) in [4.78, 5) is 23.3. The van der Waals surface area contributed by atoms with Gasteiger partial charge in [0.1, 0.15) is 13.2 Å². The van der Waals surface area contributed by atoms with Crippen LogP contribution in [0.2, 0.25) is 0 Å². The van der Waals surface area contributed by atoms with E-state index in [4.69, 9.17) is 9.05 Å². The Morgan fingerprint density at radius 2 is 0.806 bits per heavy atom. The SMILES string of the molecule is CCCCCCCCCCC/C=C\C/C=C\CCCCCCCCCCCCCC(=O)NC(COP(=O)(O)OCC[N+](C)(C)C)C(O)/C=C/CC/C=C/CCCCCCCCCCCCCCCCCCC. The van der Waals surface area contributed by atoms with Crippen LogP contribution >= 0.6 is 7.82 Å². The lowest BCUT2D eigenvalue weighted by Gasteiger charge is -2.25. The molecular formula is C63H122N2O6P+. The second-order valence-corrected chi connectivity index (χ2v) is 23.9. The number of aliphatic hydroxyl groups excluding tert-OH is 1. The van der Waals surface area contributed by atoms with Gasteiger partial charge in [-0.25, -0.2) is 4.57 Å². The molecule has 0 aliphatic carbocycles. The summed E-state index contributed by atoms with van der Waals surface area (Å²) in [5.74, 6) is -0.186. The molecule has 3 unspecified atom stereocenters. The minimum atomic E-state index is -4.36. The van der Waals surface area contributed by atoms with Crippen molar-refractivity contribution in [3.63, 3.8) is 0 Å². The number of aliphatic hydroxyl groups is 1. The normalized spacial score (nSPS) is 14.2. The number of carbonyl (C=O) groups is 1. The lowest BCUT2D eigenvalue weighted by molar-refractivity contribution is -0.870. The molecule has 0 rings (SSSR count). The first kappa shape index (κ1) is 70.5. The van der Waals surface area contributed by atoms with E-state index < -0.39 is 20.0 Å². The predicted molar refractivity (Wildman–Crippen MR) is 314 cm³/mol. The molecule has 0 bridgehead atoms. The van der Waals surface area contributed by atoms with Crippen molar-refractivity contribution in [2.75, 3.05) is 40.9 Å². The molecule has 0 aromatic rings. The first-order chi connectivity index (χ1) is 35.0. The number of quaternary nitrogens is 1. The molecule has 0 radical (unpaired) electrons. The first-order valence-corrected chi connectivity index (χ1v) is 32.5. The van der Waals surface area contributed by atoms with Crippen LogP contribution in [0.1, 0.15) is 296 Å². The van der Waals surface area contributed by atoms with E-state index in [0.717, 1.165) is 44.9 Å². The Labute approximate surface area is 448 Å². The number of nitrogens with one attached hydrogen (secondary N) is 1. The molecule has 0 saturated heterocycles. The van der Waals surface area contributed by atoms with Crippen LogP contribution in [0.3, 0.4) is 0 Å². The van der Waals surface area contributed by atoms with Gasteiger partial charge < -0.3 is 19.8 Å². The summed E-state index contributed by atoms with van der Waals surface area (Å²) in [6, 6.07) is -0.866. The zero-order valence-electron chi connectivity index (χ0n) is 48.4. The van der Waals surface area contributed by atoms with Crippen molar-refractivity contribution >= 4 is 13.7 Å². The minimum Gasteiger partial charge on any atom is -0.387 e. The highest BCUT2D eigenvalue weighted by Crippen LogP contribution is 2.43. The number of phosphoric ester groups is 1. The van der Waals surface area contributed by atoms with E-state index in [0.29, 0.717) is 17.4 Å². The summed E-state index contributed by atoms with van der Waals surface area (Å²) in [7, 11) is 1.56. The van der Waals surface area contributed by atoms with Gasteiger partial charge >= 0.3 is 7.82 Å². The van der Waals surface area contributed by atoms with Gasteiger partial charge in [0.25, 0.3) is 0 Å². The number of hydrogen-bond donors (Lipinski definition) is 3. The van der Waals surface area contributed by atoms with Gasteiger partial charge in [0, 0.05) is 6.42 Å². The Morgan fingerprint density at radius 3 is 1.19 bits per heavy atom. The van der Waals surface area contributed by atoms with Crippen LogP contribution in [-0.2, 0) is 18.4 Å². The molecular weight excluding hydrogens is 912 g/mol. The highest BCUT2D eigenvalue weighted by molar-refractivity contribution is 7.47. The van der Waals surface area contributed by atoms with Crippen LogP contribution in [0.4, 0.5) is 0 Å². The fourth-order valence-electron chi connectivity index (χ4n) is 9.15. The molecule has 72 heavy (non-hydrogen) atoms. The molecule has 0 saturated carbocycles. The number of hydrogen-bond acceptors (Lipinski definition) is 5. The van der Waals surface area contributed by atoms with Crippen molar-refractivity contribution in [3.8, 4) is 0 Å². The molecule has 0 fully saturated rings. The topological polar surface area (TPSA) is 105 Å². The highest BCUT2D eigenvalue weighted by Gasteiger charge is 2.27. The zero-order valence-corrected chi connectivity index (χ0v) is 49.3. The van der Waals surface area contributed by atoms with Crippen molar-refractivity contribution in [2.45, 2.75) is 309 Å². The molecule has 3 N–H and O–H groups in total. The van der Waals surface area contributed by atoms with Crippen LogP contribution in [0.15, 0.2) is 48.6 Å². The van der Waals surface area contributed by atoms with Gasteiger partial charge in [-0.3, -0.25) is 13.8 Å². The number of rotatable bonds is 57. The molecule has 0 aliphatic heterocycles. The average molecular weight is 1030 g/mol. The van der Waals surface area contributed by atoms with Crippen LogP contribution in [0, 0.1) is 0 Å². The van der Waals surface area contributed by atoms with Crippen LogP contribution < -0.4 is 5.32 Å². The van der Waals surface area contributed by atoms with Crippen LogP contribution in [-0.4, -0.2) is 73.4 Å². The van der Waals surface area contributed by atoms with Crippen molar-refractivity contribution < 1.29 is 32.9 Å². The molecule has 0 spiro atoms. The Balaban J connectivity index is 4.20. The lowest BCUT2D eigenvalue weighted by atomic mass is 10.0. The fourth-order valence-corrected chi connectivity index (χ4v) is 9.89. The van der Waals surface area contributed by atoms with E-state index in [-0.39, 0.29) is 19.1 Å². The highest BCUT2D eigenvalue weighted by atomic mass is 31.2. The van der Waals surface area contributed by atoms with E-state index in [9.17, 15) is 19.4 Å². The third-order valence-corrected chi connectivity index (χ3v) is 15.0.